The highest BCUT2D eigenvalue weighted by molar-refractivity contribution is 9.10. The molecular weight excluding hydrogens is 356 g/mol. The summed E-state index contributed by atoms with van der Waals surface area (Å²) in [6.07, 6.45) is 2.90. The number of benzene rings is 1. The van der Waals surface area contributed by atoms with Crippen molar-refractivity contribution in [2.75, 3.05) is 6.26 Å². The van der Waals surface area contributed by atoms with Crippen LogP contribution < -0.4 is 11.3 Å². The van der Waals surface area contributed by atoms with Gasteiger partial charge in [-0.2, -0.15) is 5.10 Å². The molecule has 0 saturated heterocycles. The highest BCUT2D eigenvalue weighted by atomic mass is 79.9. The van der Waals surface area contributed by atoms with E-state index in [9.17, 15) is 8.42 Å². The molecule has 0 spiro atoms. The van der Waals surface area contributed by atoms with Crippen LogP contribution in [0.15, 0.2) is 39.8 Å². The fourth-order valence-electron chi connectivity index (χ4n) is 2.15. The van der Waals surface area contributed by atoms with Gasteiger partial charge in [0, 0.05) is 12.8 Å². The van der Waals surface area contributed by atoms with E-state index in [1.807, 2.05) is 11.6 Å². The summed E-state index contributed by atoms with van der Waals surface area (Å²) in [5, 5.41) is 4.26. The predicted octanol–water partition coefficient (Wildman–Crippen LogP) is 1.62. The SMILES string of the molecule is CCn1ncc(Br)c1C(NN)c1ccc(S(C)(=O)=O)cc1. The molecule has 1 aromatic heterocycles. The van der Waals surface area contributed by atoms with Crippen LogP contribution in [0.25, 0.3) is 0 Å². The van der Waals surface area contributed by atoms with Crippen LogP contribution >= 0.6 is 15.9 Å². The van der Waals surface area contributed by atoms with Crippen molar-refractivity contribution in [2.45, 2.75) is 24.4 Å². The number of hydrazine groups is 1. The van der Waals surface area contributed by atoms with Gasteiger partial charge in [-0.1, -0.05) is 12.1 Å². The lowest BCUT2D eigenvalue weighted by atomic mass is 10.0. The molecule has 0 saturated carbocycles. The monoisotopic (exact) mass is 372 g/mol. The van der Waals surface area contributed by atoms with E-state index in [1.165, 1.54) is 6.26 Å². The average Bonchev–Trinajstić information content (AvgIpc) is 2.81. The van der Waals surface area contributed by atoms with Gasteiger partial charge in [0.25, 0.3) is 0 Å². The van der Waals surface area contributed by atoms with E-state index in [1.54, 1.807) is 30.5 Å². The Balaban J connectivity index is 2.45. The zero-order valence-electron chi connectivity index (χ0n) is 11.7. The van der Waals surface area contributed by atoms with E-state index in [-0.39, 0.29) is 10.9 Å². The molecule has 2 aromatic rings. The molecule has 3 N–H and O–H groups in total. The third-order valence-corrected chi connectivity index (χ3v) is 4.95. The van der Waals surface area contributed by atoms with Crippen molar-refractivity contribution < 1.29 is 8.42 Å². The third kappa shape index (κ3) is 3.34. The molecule has 114 valence electrons. The quantitative estimate of drug-likeness (QED) is 0.614. The van der Waals surface area contributed by atoms with Crippen molar-refractivity contribution in [3.05, 3.63) is 46.2 Å². The fourth-order valence-corrected chi connectivity index (χ4v) is 3.31. The zero-order chi connectivity index (χ0) is 15.6. The Morgan fingerprint density at radius 3 is 2.48 bits per heavy atom. The van der Waals surface area contributed by atoms with Gasteiger partial charge in [-0.25, -0.2) is 13.8 Å². The van der Waals surface area contributed by atoms with Crippen LogP contribution in [0.2, 0.25) is 0 Å². The molecule has 1 atom stereocenters. The first-order valence-corrected chi connectivity index (χ1v) is 9.04. The number of aromatic nitrogens is 2. The van der Waals surface area contributed by atoms with Crippen molar-refractivity contribution >= 4 is 25.8 Å². The Morgan fingerprint density at radius 2 is 2.00 bits per heavy atom. The third-order valence-electron chi connectivity index (χ3n) is 3.21. The van der Waals surface area contributed by atoms with E-state index < -0.39 is 9.84 Å². The molecule has 8 heteroatoms. The largest absolute Gasteiger partial charge is 0.271 e. The van der Waals surface area contributed by atoms with Gasteiger partial charge in [0.1, 0.15) is 0 Å². The molecule has 0 bridgehead atoms. The summed E-state index contributed by atoms with van der Waals surface area (Å²) < 4.78 is 25.7. The second kappa shape index (κ2) is 6.27. The number of halogens is 1. The van der Waals surface area contributed by atoms with Gasteiger partial charge in [-0.15, -0.1) is 0 Å². The van der Waals surface area contributed by atoms with Gasteiger partial charge in [0.15, 0.2) is 9.84 Å². The Bertz CT molecular complexity index is 725. The minimum absolute atomic E-state index is 0.282. The molecular formula is C13H17BrN4O2S. The number of hydrogen-bond acceptors (Lipinski definition) is 5. The number of hydrogen-bond donors (Lipinski definition) is 2. The van der Waals surface area contributed by atoms with Gasteiger partial charge >= 0.3 is 0 Å². The van der Waals surface area contributed by atoms with Crippen LogP contribution in [0.1, 0.15) is 24.2 Å². The van der Waals surface area contributed by atoms with Crippen LogP contribution in [-0.2, 0) is 16.4 Å². The lowest BCUT2D eigenvalue weighted by Crippen LogP contribution is -2.31. The van der Waals surface area contributed by atoms with Gasteiger partial charge in [0.2, 0.25) is 0 Å². The minimum atomic E-state index is -3.21. The maximum Gasteiger partial charge on any atom is 0.175 e. The van der Waals surface area contributed by atoms with Crippen molar-refractivity contribution in [2.24, 2.45) is 5.84 Å². The average molecular weight is 373 g/mol. The van der Waals surface area contributed by atoms with Gasteiger partial charge in [0.05, 0.1) is 27.3 Å². The minimum Gasteiger partial charge on any atom is -0.271 e. The van der Waals surface area contributed by atoms with Crippen LogP contribution in [0.4, 0.5) is 0 Å². The summed E-state index contributed by atoms with van der Waals surface area (Å²) in [4.78, 5) is 0.282. The smallest absolute Gasteiger partial charge is 0.175 e. The van der Waals surface area contributed by atoms with Crippen LogP contribution in [-0.4, -0.2) is 24.5 Å². The zero-order valence-corrected chi connectivity index (χ0v) is 14.1. The summed E-state index contributed by atoms with van der Waals surface area (Å²) in [7, 11) is -3.21. The van der Waals surface area contributed by atoms with Gasteiger partial charge < -0.3 is 0 Å². The highest BCUT2D eigenvalue weighted by Gasteiger charge is 2.21. The van der Waals surface area contributed by atoms with Crippen LogP contribution in [0.5, 0.6) is 0 Å². The first-order valence-electron chi connectivity index (χ1n) is 6.35. The fraction of sp³-hybridized carbons (Fsp3) is 0.308. The van der Waals surface area contributed by atoms with E-state index in [2.05, 4.69) is 26.5 Å². The normalized spacial score (nSPS) is 13.3. The first-order chi connectivity index (χ1) is 9.88. The highest BCUT2D eigenvalue weighted by Crippen LogP contribution is 2.28. The van der Waals surface area contributed by atoms with Crippen molar-refractivity contribution in [3.8, 4) is 0 Å². The summed E-state index contributed by atoms with van der Waals surface area (Å²) >= 11 is 3.47. The molecule has 1 aromatic carbocycles. The van der Waals surface area contributed by atoms with Gasteiger partial charge in [-0.05, 0) is 40.5 Å². The van der Waals surface area contributed by atoms with E-state index in [0.29, 0.717) is 6.54 Å². The molecule has 0 aliphatic rings. The van der Waals surface area contributed by atoms with Crippen molar-refractivity contribution in [3.63, 3.8) is 0 Å². The molecule has 0 amide bonds. The van der Waals surface area contributed by atoms with E-state index >= 15 is 0 Å². The topological polar surface area (TPSA) is 90.0 Å². The number of nitrogens with two attached hydrogens (primary N) is 1. The molecule has 2 rings (SSSR count). The number of rotatable bonds is 5. The Labute approximate surface area is 132 Å². The molecule has 1 heterocycles. The Morgan fingerprint density at radius 1 is 1.38 bits per heavy atom. The number of nitrogens with zero attached hydrogens (tertiary/aromatic N) is 2. The van der Waals surface area contributed by atoms with Crippen molar-refractivity contribution in [1.82, 2.24) is 15.2 Å². The summed E-state index contributed by atoms with van der Waals surface area (Å²) in [5.41, 5.74) is 4.51. The molecule has 0 aliphatic carbocycles. The first kappa shape index (κ1) is 16.2. The Hall–Kier alpha value is -1.22. The lowest BCUT2D eigenvalue weighted by molar-refractivity contribution is 0.541. The van der Waals surface area contributed by atoms with E-state index in [4.69, 9.17) is 5.84 Å². The maximum atomic E-state index is 11.5. The number of sulfone groups is 1. The molecule has 6 nitrogen and oxygen atoms in total. The molecule has 0 radical (unpaired) electrons. The molecule has 0 fully saturated rings. The molecule has 21 heavy (non-hydrogen) atoms. The number of aryl methyl sites for hydroxylation is 1. The van der Waals surface area contributed by atoms with Crippen molar-refractivity contribution in [1.29, 1.82) is 0 Å². The summed E-state index contributed by atoms with van der Waals surface area (Å²) in [5.74, 6) is 5.68. The van der Waals surface area contributed by atoms with Crippen LogP contribution in [0, 0.1) is 0 Å². The standard InChI is InChI=1S/C13H17BrN4O2S/c1-3-18-13(11(14)8-16-18)12(17-15)9-4-6-10(7-5-9)21(2,19)20/h4-8,12,17H,3,15H2,1-2H3. The maximum absolute atomic E-state index is 11.5. The summed E-state index contributed by atoms with van der Waals surface area (Å²) in [6.45, 7) is 2.70. The van der Waals surface area contributed by atoms with Crippen LogP contribution in [0.3, 0.4) is 0 Å². The summed E-state index contributed by atoms with van der Waals surface area (Å²) in [6, 6.07) is 6.38. The second-order valence-corrected chi connectivity index (χ2v) is 7.50. The second-order valence-electron chi connectivity index (χ2n) is 4.63. The molecule has 1 unspecified atom stereocenters. The van der Waals surface area contributed by atoms with E-state index in [0.717, 1.165) is 15.7 Å². The predicted molar refractivity (Wildman–Crippen MR) is 84.3 cm³/mol. The lowest BCUT2D eigenvalue weighted by Gasteiger charge is -2.18. The number of nitrogens with one attached hydrogen (secondary N) is 1. The van der Waals surface area contributed by atoms with Gasteiger partial charge in [-0.3, -0.25) is 10.5 Å². The molecule has 0 aliphatic heterocycles. The Kier molecular flexibility index (Phi) is 4.82.